The van der Waals surface area contributed by atoms with Crippen molar-refractivity contribution >= 4 is 23.9 Å². The van der Waals surface area contributed by atoms with Crippen LogP contribution in [0, 0.1) is 5.92 Å². The molecule has 166 valence electrons. The minimum Gasteiger partial charge on any atom is -0.481 e. The lowest BCUT2D eigenvalue weighted by molar-refractivity contribution is -0.143. The number of carboxylic acid groups (broad SMARTS) is 1. The van der Waals surface area contributed by atoms with Gasteiger partial charge in [-0.25, -0.2) is 4.79 Å². The fourth-order valence-corrected chi connectivity index (χ4v) is 4.18. The number of carbonyl (C=O) groups excluding carboxylic acids is 3. The maximum atomic E-state index is 12.4. The Morgan fingerprint density at radius 2 is 1.69 bits per heavy atom. The number of nitrogens with one attached hydrogen (secondary N) is 3. The second-order valence-corrected chi connectivity index (χ2v) is 7.87. The molecule has 3 unspecified atom stereocenters. The van der Waals surface area contributed by atoms with E-state index < -0.39 is 41.9 Å². The van der Waals surface area contributed by atoms with Gasteiger partial charge < -0.3 is 25.8 Å². The smallest absolute Gasteiger partial charge is 0.407 e. The van der Waals surface area contributed by atoms with Gasteiger partial charge in [0, 0.05) is 12.5 Å². The van der Waals surface area contributed by atoms with Crippen LogP contribution in [0.3, 0.4) is 0 Å². The molecule has 1 heterocycles. The third-order valence-electron chi connectivity index (χ3n) is 5.87. The lowest BCUT2D eigenvalue weighted by Gasteiger charge is -2.19. The number of carboxylic acids is 1. The molecule has 9 heteroatoms. The number of aliphatic carboxylic acids is 1. The summed E-state index contributed by atoms with van der Waals surface area (Å²) in [4.78, 5) is 47.8. The number of amides is 3. The maximum absolute atomic E-state index is 12.4. The zero-order valence-electron chi connectivity index (χ0n) is 17.3. The lowest BCUT2D eigenvalue weighted by atomic mass is 9.98. The Morgan fingerprint density at radius 3 is 2.28 bits per heavy atom. The fourth-order valence-electron chi connectivity index (χ4n) is 4.18. The molecule has 0 spiro atoms. The highest BCUT2D eigenvalue weighted by molar-refractivity contribution is 5.96. The SMILES string of the molecule is CC(NC(=O)OCC1c2ccccc2-c2ccccc21)C(=O)NC1C(=O)NCC1C(=O)O. The summed E-state index contributed by atoms with van der Waals surface area (Å²) >= 11 is 0. The molecule has 2 aliphatic rings. The van der Waals surface area contributed by atoms with Crippen LogP contribution in [-0.4, -0.2) is 54.2 Å². The molecular formula is C23H23N3O6. The second kappa shape index (κ2) is 8.70. The van der Waals surface area contributed by atoms with Crippen LogP contribution in [-0.2, 0) is 19.1 Å². The molecule has 1 saturated heterocycles. The van der Waals surface area contributed by atoms with Crippen molar-refractivity contribution in [3.8, 4) is 11.1 Å². The van der Waals surface area contributed by atoms with Gasteiger partial charge in [-0.15, -0.1) is 0 Å². The second-order valence-electron chi connectivity index (χ2n) is 7.87. The summed E-state index contributed by atoms with van der Waals surface area (Å²) in [7, 11) is 0. The van der Waals surface area contributed by atoms with E-state index in [1.807, 2.05) is 48.5 Å². The average Bonchev–Trinajstić information content (AvgIpc) is 3.30. The van der Waals surface area contributed by atoms with Gasteiger partial charge in [0.1, 0.15) is 24.6 Å². The van der Waals surface area contributed by atoms with E-state index >= 15 is 0 Å². The average molecular weight is 437 g/mol. The van der Waals surface area contributed by atoms with E-state index in [1.165, 1.54) is 6.92 Å². The topological polar surface area (TPSA) is 134 Å². The Labute approximate surface area is 184 Å². The maximum Gasteiger partial charge on any atom is 0.407 e. The van der Waals surface area contributed by atoms with Gasteiger partial charge in [-0.05, 0) is 29.2 Å². The van der Waals surface area contributed by atoms with Crippen molar-refractivity contribution in [3.05, 3.63) is 59.7 Å². The van der Waals surface area contributed by atoms with Gasteiger partial charge in [0.2, 0.25) is 11.8 Å². The molecule has 1 aliphatic carbocycles. The van der Waals surface area contributed by atoms with E-state index in [4.69, 9.17) is 4.74 Å². The summed E-state index contributed by atoms with van der Waals surface area (Å²) in [5.74, 6) is -3.61. The zero-order chi connectivity index (χ0) is 22.8. The van der Waals surface area contributed by atoms with Crippen LogP contribution in [0.1, 0.15) is 24.0 Å². The lowest BCUT2D eigenvalue weighted by Crippen LogP contribution is -2.52. The van der Waals surface area contributed by atoms with Gasteiger partial charge in [0.25, 0.3) is 0 Å². The summed E-state index contributed by atoms with van der Waals surface area (Å²) in [6.45, 7) is 1.47. The first kappa shape index (κ1) is 21.4. The first-order valence-electron chi connectivity index (χ1n) is 10.3. The van der Waals surface area contributed by atoms with Crippen LogP contribution in [0.2, 0.25) is 0 Å². The van der Waals surface area contributed by atoms with Crippen molar-refractivity contribution in [3.63, 3.8) is 0 Å². The quantitative estimate of drug-likeness (QED) is 0.537. The molecule has 3 atom stereocenters. The molecule has 9 nitrogen and oxygen atoms in total. The third kappa shape index (κ3) is 4.01. The van der Waals surface area contributed by atoms with Gasteiger partial charge in [0.05, 0.1) is 0 Å². The Kier molecular flexibility index (Phi) is 5.81. The van der Waals surface area contributed by atoms with Crippen molar-refractivity contribution in [1.29, 1.82) is 0 Å². The van der Waals surface area contributed by atoms with Crippen LogP contribution in [0.25, 0.3) is 11.1 Å². The van der Waals surface area contributed by atoms with E-state index in [0.29, 0.717) is 0 Å². The van der Waals surface area contributed by atoms with E-state index in [0.717, 1.165) is 22.3 Å². The number of ether oxygens (including phenoxy) is 1. The zero-order valence-corrected chi connectivity index (χ0v) is 17.3. The van der Waals surface area contributed by atoms with E-state index in [2.05, 4.69) is 16.0 Å². The van der Waals surface area contributed by atoms with E-state index in [-0.39, 0.29) is 19.1 Å². The molecular weight excluding hydrogens is 414 g/mol. The highest BCUT2D eigenvalue weighted by Crippen LogP contribution is 2.44. The predicted molar refractivity (Wildman–Crippen MR) is 114 cm³/mol. The number of hydrogen-bond acceptors (Lipinski definition) is 5. The summed E-state index contributed by atoms with van der Waals surface area (Å²) in [6, 6.07) is 13.7. The van der Waals surface area contributed by atoms with Crippen molar-refractivity contribution in [1.82, 2.24) is 16.0 Å². The molecule has 0 radical (unpaired) electrons. The van der Waals surface area contributed by atoms with Gasteiger partial charge in [-0.2, -0.15) is 0 Å². The van der Waals surface area contributed by atoms with Gasteiger partial charge >= 0.3 is 12.1 Å². The van der Waals surface area contributed by atoms with Crippen LogP contribution in [0.4, 0.5) is 4.79 Å². The van der Waals surface area contributed by atoms with Crippen LogP contribution >= 0.6 is 0 Å². The Balaban J connectivity index is 1.35. The Morgan fingerprint density at radius 1 is 1.09 bits per heavy atom. The first-order valence-corrected chi connectivity index (χ1v) is 10.3. The van der Waals surface area contributed by atoms with Gasteiger partial charge in [-0.1, -0.05) is 48.5 Å². The Hall–Kier alpha value is -3.88. The molecule has 3 amide bonds. The molecule has 0 bridgehead atoms. The monoisotopic (exact) mass is 437 g/mol. The minimum absolute atomic E-state index is 0.0622. The normalized spacial score (nSPS) is 20.0. The molecule has 2 aromatic rings. The molecule has 1 aliphatic heterocycles. The number of alkyl carbamates (subject to hydrolysis) is 1. The highest BCUT2D eigenvalue weighted by Gasteiger charge is 2.41. The summed E-state index contributed by atoms with van der Waals surface area (Å²) in [6.07, 6.45) is -0.778. The molecule has 0 aromatic heterocycles. The van der Waals surface area contributed by atoms with Crippen molar-refractivity contribution < 1.29 is 29.0 Å². The Bertz CT molecular complexity index is 1040. The number of hydrogen-bond donors (Lipinski definition) is 4. The number of fused-ring (bicyclic) bond motifs is 3. The standard InChI is InChI=1S/C23H23N3O6/c1-12(20(27)26-19-17(22(29)30)10-24-21(19)28)25-23(31)32-11-18-15-8-4-2-6-13(15)14-7-3-5-9-16(14)18/h2-9,12,17-19H,10-11H2,1H3,(H,24,28)(H,25,31)(H,26,27)(H,29,30). The summed E-state index contributed by atoms with van der Waals surface area (Å²) < 4.78 is 5.41. The molecule has 2 aromatic carbocycles. The molecule has 32 heavy (non-hydrogen) atoms. The van der Waals surface area contributed by atoms with Gasteiger partial charge in [0.15, 0.2) is 0 Å². The number of rotatable bonds is 6. The predicted octanol–water partition coefficient (Wildman–Crippen LogP) is 1.23. The molecule has 4 N–H and O–H groups in total. The van der Waals surface area contributed by atoms with Crippen molar-refractivity contribution in [2.75, 3.05) is 13.2 Å². The molecule has 0 saturated carbocycles. The largest absolute Gasteiger partial charge is 0.481 e. The molecule has 1 fully saturated rings. The van der Waals surface area contributed by atoms with Crippen molar-refractivity contribution in [2.24, 2.45) is 5.92 Å². The third-order valence-corrected chi connectivity index (χ3v) is 5.87. The van der Waals surface area contributed by atoms with Crippen LogP contribution in [0.15, 0.2) is 48.5 Å². The summed E-state index contributed by atoms with van der Waals surface area (Å²) in [5, 5.41) is 16.4. The van der Waals surface area contributed by atoms with Crippen LogP contribution in [0.5, 0.6) is 0 Å². The number of benzene rings is 2. The van der Waals surface area contributed by atoms with E-state index in [9.17, 15) is 24.3 Å². The highest BCUT2D eigenvalue weighted by atomic mass is 16.5. The van der Waals surface area contributed by atoms with E-state index in [1.54, 1.807) is 0 Å². The van der Waals surface area contributed by atoms with Crippen LogP contribution < -0.4 is 16.0 Å². The number of carbonyl (C=O) groups is 4. The first-order chi connectivity index (χ1) is 15.4. The van der Waals surface area contributed by atoms with Crippen molar-refractivity contribution in [2.45, 2.75) is 24.9 Å². The summed E-state index contributed by atoms with van der Waals surface area (Å²) in [5.41, 5.74) is 4.35. The molecule has 4 rings (SSSR count). The minimum atomic E-state index is -1.19. The fraction of sp³-hybridized carbons (Fsp3) is 0.304. The van der Waals surface area contributed by atoms with Gasteiger partial charge in [-0.3, -0.25) is 14.4 Å².